The highest BCUT2D eigenvalue weighted by Crippen LogP contribution is 2.40. The van der Waals surface area contributed by atoms with Gasteiger partial charge in [-0.1, -0.05) is 42.9 Å². The molecule has 0 unspecified atom stereocenters. The zero-order valence-electron chi connectivity index (χ0n) is 26.6. The van der Waals surface area contributed by atoms with Gasteiger partial charge in [-0.15, -0.1) is 0 Å². The van der Waals surface area contributed by atoms with Gasteiger partial charge in [0.25, 0.3) is 5.56 Å². The number of nitrogens with zero attached hydrogens (tertiary/aromatic N) is 2. The van der Waals surface area contributed by atoms with Crippen LogP contribution in [0.5, 0.6) is 23.0 Å². The van der Waals surface area contributed by atoms with Gasteiger partial charge in [-0.3, -0.25) is 9.36 Å². The smallest absolute Gasteiger partial charge is 0.338 e. The van der Waals surface area contributed by atoms with E-state index in [0.717, 1.165) is 6.42 Å². The van der Waals surface area contributed by atoms with Crippen molar-refractivity contribution >= 4 is 39.3 Å². The summed E-state index contributed by atoms with van der Waals surface area (Å²) >= 11 is 4.76. The summed E-state index contributed by atoms with van der Waals surface area (Å²) < 4.78 is 44.9. The first kappa shape index (κ1) is 33.9. The SMILES string of the molecule is CCCC1=C(C(=O)OCC)[C@H](c2cc(OC)ccc2OC)n2c(s/c(=C\c3cc(Br)c(OCc4ccccc4F)c(OC)c3)c2=O)=N1. The van der Waals surface area contributed by atoms with Crippen LogP contribution in [-0.2, 0) is 16.1 Å². The summed E-state index contributed by atoms with van der Waals surface area (Å²) in [4.78, 5) is 33.1. The second-order valence-corrected chi connectivity index (χ2v) is 12.3. The highest BCUT2D eigenvalue weighted by atomic mass is 79.9. The molecule has 0 bridgehead atoms. The molecule has 1 atom stereocenters. The number of methoxy groups -OCH3 is 3. The van der Waals surface area contributed by atoms with E-state index in [4.69, 9.17) is 28.7 Å². The zero-order valence-corrected chi connectivity index (χ0v) is 29.0. The molecule has 0 saturated carbocycles. The van der Waals surface area contributed by atoms with Crippen molar-refractivity contribution in [3.8, 4) is 23.0 Å². The van der Waals surface area contributed by atoms with Crippen LogP contribution in [0.15, 0.2) is 80.1 Å². The Hall–Kier alpha value is -4.42. The third-order valence-corrected chi connectivity index (χ3v) is 9.08. The lowest BCUT2D eigenvalue weighted by molar-refractivity contribution is -0.139. The van der Waals surface area contributed by atoms with Crippen LogP contribution in [0.2, 0.25) is 0 Å². The van der Waals surface area contributed by atoms with Crippen LogP contribution in [-0.4, -0.2) is 38.5 Å². The van der Waals surface area contributed by atoms with E-state index in [1.165, 1.54) is 36.2 Å². The molecule has 1 aliphatic heterocycles. The van der Waals surface area contributed by atoms with Crippen molar-refractivity contribution in [1.82, 2.24) is 4.57 Å². The highest BCUT2D eigenvalue weighted by Gasteiger charge is 2.36. The lowest BCUT2D eigenvalue weighted by Gasteiger charge is -2.27. The first-order chi connectivity index (χ1) is 22.7. The average Bonchev–Trinajstić information content (AvgIpc) is 3.37. The Kier molecular flexibility index (Phi) is 10.8. The summed E-state index contributed by atoms with van der Waals surface area (Å²) in [5, 5.41) is 0. The van der Waals surface area contributed by atoms with Crippen molar-refractivity contribution in [2.24, 2.45) is 4.99 Å². The number of aromatic nitrogens is 1. The predicted octanol–water partition coefficient (Wildman–Crippen LogP) is 6.08. The molecule has 9 nitrogen and oxygen atoms in total. The zero-order chi connectivity index (χ0) is 33.7. The van der Waals surface area contributed by atoms with E-state index in [1.54, 1.807) is 68.6 Å². The molecule has 246 valence electrons. The van der Waals surface area contributed by atoms with E-state index >= 15 is 0 Å². The van der Waals surface area contributed by atoms with Crippen molar-refractivity contribution in [2.45, 2.75) is 39.3 Å². The van der Waals surface area contributed by atoms with Crippen LogP contribution in [0.25, 0.3) is 6.08 Å². The summed E-state index contributed by atoms with van der Waals surface area (Å²) in [5.74, 6) is 0.876. The van der Waals surface area contributed by atoms with E-state index in [9.17, 15) is 14.0 Å². The van der Waals surface area contributed by atoms with E-state index in [-0.39, 0.29) is 30.2 Å². The van der Waals surface area contributed by atoms with Crippen LogP contribution in [0.3, 0.4) is 0 Å². The number of allylic oxidation sites excluding steroid dienone is 1. The first-order valence-corrected chi connectivity index (χ1v) is 16.5. The van der Waals surface area contributed by atoms with E-state index < -0.39 is 12.0 Å². The third kappa shape index (κ3) is 6.98. The second-order valence-electron chi connectivity index (χ2n) is 10.4. The minimum absolute atomic E-state index is 0.00376. The van der Waals surface area contributed by atoms with Gasteiger partial charge >= 0.3 is 5.97 Å². The number of esters is 1. The van der Waals surface area contributed by atoms with Crippen molar-refractivity contribution in [1.29, 1.82) is 0 Å². The van der Waals surface area contributed by atoms with Gasteiger partial charge in [0.15, 0.2) is 16.3 Å². The predicted molar refractivity (Wildman–Crippen MR) is 181 cm³/mol. The summed E-state index contributed by atoms with van der Waals surface area (Å²) in [6.45, 7) is 3.88. The molecule has 12 heteroatoms. The van der Waals surface area contributed by atoms with Gasteiger partial charge in [0.2, 0.25) is 0 Å². The number of hydrogen-bond acceptors (Lipinski definition) is 9. The molecule has 47 heavy (non-hydrogen) atoms. The molecule has 1 aliphatic rings. The Labute approximate surface area is 283 Å². The quantitative estimate of drug-likeness (QED) is 0.163. The lowest BCUT2D eigenvalue weighted by Crippen LogP contribution is -2.40. The molecular formula is C35H34BrFN2O7S. The van der Waals surface area contributed by atoms with Gasteiger partial charge in [0.1, 0.15) is 30.0 Å². The lowest BCUT2D eigenvalue weighted by atomic mass is 9.93. The molecule has 5 rings (SSSR count). The van der Waals surface area contributed by atoms with Crippen LogP contribution >= 0.6 is 27.3 Å². The van der Waals surface area contributed by atoms with Gasteiger partial charge in [-0.05, 0) is 77.3 Å². The minimum atomic E-state index is -0.880. The molecule has 0 saturated heterocycles. The molecule has 4 aromatic rings. The van der Waals surface area contributed by atoms with Crippen LogP contribution in [0.4, 0.5) is 4.39 Å². The summed E-state index contributed by atoms with van der Waals surface area (Å²) in [6, 6.07) is 14.3. The van der Waals surface area contributed by atoms with Gasteiger partial charge in [0, 0.05) is 11.1 Å². The molecular weight excluding hydrogens is 691 g/mol. The van der Waals surface area contributed by atoms with E-state index in [2.05, 4.69) is 15.9 Å². The number of rotatable bonds is 12. The number of thiazole rings is 1. The molecule has 2 heterocycles. The van der Waals surface area contributed by atoms with Crippen molar-refractivity contribution in [2.75, 3.05) is 27.9 Å². The minimum Gasteiger partial charge on any atom is -0.497 e. The monoisotopic (exact) mass is 724 g/mol. The number of carbonyl (C=O) groups is 1. The van der Waals surface area contributed by atoms with E-state index in [0.29, 0.717) is 65.6 Å². The molecule has 1 aromatic heterocycles. The Morgan fingerprint density at radius 3 is 2.49 bits per heavy atom. The largest absolute Gasteiger partial charge is 0.497 e. The summed E-state index contributed by atoms with van der Waals surface area (Å²) in [6.07, 6.45) is 2.95. The van der Waals surface area contributed by atoms with Crippen molar-refractivity contribution in [3.63, 3.8) is 0 Å². The van der Waals surface area contributed by atoms with Gasteiger partial charge in [0.05, 0.1) is 48.2 Å². The number of hydrogen-bond donors (Lipinski definition) is 0. The average molecular weight is 726 g/mol. The molecule has 0 aliphatic carbocycles. The number of fused-ring (bicyclic) bond motifs is 1. The Balaban J connectivity index is 1.66. The first-order valence-electron chi connectivity index (χ1n) is 14.9. The fourth-order valence-electron chi connectivity index (χ4n) is 5.35. The van der Waals surface area contributed by atoms with Crippen LogP contribution < -0.4 is 33.8 Å². The molecule has 0 radical (unpaired) electrons. The summed E-state index contributed by atoms with van der Waals surface area (Å²) in [7, 11) is 4.58. The Bertz CT molecular complexity index is 2020. The Morgan fingerprint density at radius 2 is 1.81 bits per heavy atom. The fourth-order valence-corrected chi connectivity index (χ4v) is 6.94. The number of ether oxygens (including phenoxy) is 5. The molecule has 0 N–H and O–H groups in total. The van der Waals surface area contributed by atoms with Gasteiger partial charge in [-0.2, -0.15) is 0 Å². The number of halogens is 2. The fraction of sp³-hybridized carbons (Fsp3) is 0.286. The molecule has 0 amide bonds. The Morgan fingerprint density at radius 1 is 1.04 bits per heavy atom. The summed E-state index contributed by atoms with van der Waals surface area (Å²) in [5.41, 5.74) is 2.08. The van der Waals surface area contributed by atoms with Crippen molar-refractivity contribution < 1.29 is 32.9 Å². The van der Waals surface area contributed by atoms with Crippen LogP contribution in [0.1, 0.15) is 49.4 Å². The molecule has 0 spiro atoms. The number of benzene rings is 3. The second kappa shape index (κ2) is 15.0. The van der Waals surface area contributed by atoms with Crippen LogP contribution in [0, 0.1) is 5.82 Å². The molecule has 3 aromatic carbocycles. The van der Waals surface area contributed by atoms with E-state index in [1.807, 2.05) is 6.92 Å². The normalized spacial score (nSPS) is 14.4. The maximum atomic E-state index is 14.3. The van der Waals surface area contributed by atoms with Gasteiger partial charge in [-0.25, -0.2) is 14.2 Å². The maximum Gasteiger partial charge on any atom is 0.338 e. The maximum absolute atomic E-state index is 14.3. The topological polar surface area (TPSA) is 97.6 Å². The van der Waals surface area contributed by atoms with Gasteiger partial charge < -0.3 is 23.7 Å². The third-order valence-electron chi connectivity index (χ3n) is 7.50. The molecule has 0 fully saturated rings. The van der Waals surface area contributed by atoms with Crippen molar-refractivity contribution in [3.05, 3.63) is 113 Å². The highest BCUT2D eigenvalue weighted by molar-refractivity contribution is 9.10. The standard InChI is InChI=1S/C35H34BrFN2O7S/c1-6-10-26-30(34(41)45-7-2)31(23-18-22(42-3)13-14-27(23)43-4)39-33(40)29(47-35(39)38-26)17-20-15-24(36)32(28(16-20)44-5)46-19-21-11-8-9-12-25(21)37/h8-9,11-18,31H,6-7,10,19H2,1-5H3/b29-17-/t31-/m0/s1. The number of carbonyl (C=O) groups excluding carboxylic acids is 1.